The zero-order chi connectivity index (χ0) is 21.3. The van der Waals surface area contributed by atoms with E-state index in [1.54, 1.807) is 13.0 Å². The van der Waals surface area contributed by atoms with E-state index in [0.717, 1.165) is 11.3 Å². The van der Waals surface area contributed by atoms with Gasteiger partial charge in [0, 0.05) is 13.1 Å². The fraction of sp³-hybridized carbons (Fsp3) is 0.435. The molecule has 2 saturated heterocycles. The van der Waals surface area contributed by atoms with Gasteiger partial charge in [-0.1, -0.05) is 30.3 Å². The molecule has 3 heterocycles. The predicted octanol–water partition coefficient (Wildman–Crippen LogP) is 2.96. The Morgan fingerprint density at radius 2 is 1.87 bits per heavy atom. The van der Waals surface area contributed by atoms with Gasteiger partial charge >= 0.3 is 6.03 Å². The first-order valence-corrected chi connectivity index (χ1v) is 10.4. The van der Waals surface area contributed by atoms with Gasteiger partial charge in [-0.25, -0.2) is 4.79 Å². The van der Waals surface area contributed by atoms with Crippen LogP contribution in [0.1, 0.15) is 46.7 Å². The molecule has 0 spiro atoms. The molecular formula is C23H27N3O4. The second-order valence-electron chi connectivity index (χ2n) is 8.26. The van der Waals surface area contributed by atoms with Crippen LogP contribution in [-0.2, 0) is 11.2 Å². The number of carbonyl (C=O) groups is 3. The lowest BCUT2D eigenvalue weighted by molar-refractivity contribution is -0.126. The standard InChI is InChI=1S/C23H27N3O4/c1-15-14-19(16(2)30-15)20(27)26-12-9-18(10-13-26)23(21(28)24-22(29)25-23)11-8-17-6-4-3-5-7-17/h3-7,14,18H,8-13H2,1-2H3,(H2,24,25,28,29). The highest BCUT2D eigenvalue weighted by Crippen LogP contribution is 2.35. The first kappa shape index (κ1) is 20.2. The number of urea groups is 1. The lowest BCUT2D eigenvalue weighted by Gasteiger charge is -2.40. The SMILES string of the molecule is Cc1cc(C(=O)N2CCC(C3(CCc4ccccc4)NC(=O)NC3=O)CC2)c(C)o1. The Labute approximate surface area is 175 Å². The van der Waals surface area contributed by atoms with Crippen molar-refractivity contribution in [3.05, 3.63) is 59.0 Å². The summed E-state index contributed by atoms with van der Waals surface area (Å²) >= 11 is 0. The molecule has 158 valence electrons. The molecule has 7 nitrogen and oxygen atoms in total. The summed E-state index contributed by atoms with van der Waals surface area (Å²) in [5, 5.41) is 5.36. The van der Waals surface area contributed by atoms with Crippen molar-refractivity contribution in [2.75, 3.05) is 13.1 Å². The number of benzene rings is 1. The molecule has 4 amide bonds. The van der Waals surface area contributed by atoms with E-state index < -0.39 is 11.6 Å². The van der Waals surface area contributed by atoms with Crippen LogP contribution in [0.2, 0.25) is 0 Å². The molecule has 1 aromatic heterocycles. The minimum absolute atomic E-state index is 0.0242. The number of piperidine rings is 1. The van der Waals surface area contributed by atoms with Crippen molar-refractivity contribution in [3.8, 4) is 0 Å². The maximum atomic E-state index is 12.9. The van der Waals surface area contributed by atoms with Crippen LogP contribution in [0.5, 0.6) is 0 Å². The summed E-state index contributed by atoms with van der Waals surface area (Å²) < 4.78 is 5.50. The van der Waals surface area contributed by atoms with Gasteiger partial charge in [0.05, 0.1) is 5.56 Å². The highest BCUT2D eigenvalue weighted by Gasteiger charge is 2.52. The third-order valence-corrected chi connectivity index (χ3v) is 6.37. The Bertz CT molecular complexity index is 960. The summed E-state index contributed by atoms with van der Waals surface area (Å²) in [6.07, 6.45) is 2.54. The summed E-state index contributed by atoms with van der Waals surface area (Å²) in [6, 6.07) is 11.3. The summed E-state index contributed by atoms with van der Waals surface area (Å²) in [5.74, 6) is 1.02. The van der Waals surface area contributed by atoms with Crippen molar-refractivity contribution in [2.24, 2.45) is 5.92 Å². The minimum atomic E-state index is -0.926. The molecule has 2 N–H and O–H groups in total. The van der Waals surface area contributed by atoms with Crippen molar-refractivity contribution < 1.29 is 18.8 Å². The van der Waals surface area contributed by atoms with E-state index in [0.29, 0.717) is 50.1 Å². The van der Waals surface area contributed by atoms with Crippen LogP contribution in [-0.4, -0.2) is 41.4 Å². The van der Waals surface area contributed by atoms with Gasteiger partial charge in [-0.2, -0.15) is 0 Å². The summed E-state index contributed by atoms with van der Waals surface area (Å²) in [4.78, 5) is 39.5. The molecule has 4 rings (SSSR count). The van der Waals surface area contributed by atoms with Crippen molar-refractivity contribution in [2.45, 2.75) is 45.1 Å². The number of amides is 4. The lowest BCUT2D eigenvalue weighted by Crippen LogP contribution is -2.56. The molecule has 30 heavy (non-hydrogen) atoms. The van der Waals surface area contributed by atoms with Crippen LogP contribution in [0, 0.1) is 19.8 Å². The van der Waals surface area contributed by atoms with E-state index in [2.05, 4.69) is 10.6 Å². The van der Waals surface area contributed by atoms with E-state index in [9.17, 15) is 14.4 Å². The van der Waals surface area contributed by atoms with Gasteiger partial charge in [0.1, 0.15) is 17.1 Å². The van der Waals surface area contributed by atoms with Crippen LogP contribution in [0.3, 0.4) is 0 Å². The van der Waals surface area contributed by atoms with Gasteiger partial charge < -0.3 is 14.6 Å². The Kier molecular flexibility index (Phi) is 5.37. The number of rotatable bonds is 5. The second-order valence-corrected chi connectivity index (χ2v) is 8.26. The fourth-order valence-electron chi connectivity index (χ4n) is 4.75. The van der Waals surface area contributed by atoms with E-state index in [4.69, 9.17) is 4.42 Å². The number of imide groups is 1. The minimum Gasteiger partial charge on any atom is -0.466 e. The Morgan fingerprint density at radius 1 is 1.17 bits per heavy atom. The first-order chi connectivity index (χ1) is 14.4. The van der Waals surface area contributed by atoms with Crippen LogP contribution in [0.25, 0.3) is 0 Å². The third kappa shape index (κ3) is 3.72. The predicted molar refractivity (Wildman–Crippen MR) is 111 cm³/mol. The van der Waals surface area contributed by atoms with Crippen molar-refractivity contribution in [3.63, 3.8) is 0 Å². The van der Waals surface area contributed by atoms with Gasteiger partial charge in [-0.05, 0) is 57.1 Å². The number of nitrogens with zero attached hydrogens (tertiary/aromatic N) is 1. The molecule has 1 aromatic carbocycles. The van der Waals surface area contributed by atoms with Crippen LogP contribution < -0.4 is 10.6 Å². The van der Waals surface area contributed by atoms with Gasteiger partial charge in [0.2, 0.25) is 0 Å². The van der Waals surface area contributed by atoms with E-state index in [1.165, 1.54) is 0 Å². The highest BCUT2D eigenvalue weighted by molar-refractivity contribution is 6.07. The normalized spacial score (nSPS) is 22.1. The molecule has 2 aliphatic heterocycles. The van der Waals surface area contributed by atoms with Gasteiger partial charge in [0.15, 0.2) is 0 Å². The number of furan rings is 1. The monoisotopic (exact) mass is 409 g/mol. The zero-order valence-electron chi connectivity index (χ0n) is 17.4. The number of nitrogens with one attached hydrogen (secondary N) is 2. The van der Waals surface area contributed by atoms with E-state index in [1.807, 2.05) is 42.2 Å². The molecule has 0 radical (unpaired) electrons. The largest absolute Gasteiger partial charge is 0.466 e. The molecule has 0 bridgehead atoms. The first-order valence-electron chi connectivity index (χ1n) is 10.4. The second kappa shape index (κ2) is 7.97. The molecule has 2 aromatic rings. The number of hydrogen-bond donors (Lipinski definition) is 2. The maximum absolute atomic E-state index is 12.9. The third-order valence-electron chi connectivity index (χ3n) is 6.37. The average Bonchev–Trinajstić information content (AvgIpc) is 3.24. The molecule has 0 aliphatic carbocycles. The van der Waals surface area contributed by atoms with Gasteiger partial charge in [-0.3, -0.25) is 14.9 Å². The van der Waals surface area contributed by atoms with Gasteiger partial charge in [-0.15, -0.1) is 0 Å². The summed E-state index contributed by atoms with van der Waals surface area (Å²) in [5.41, 5.74) is 0.797. The number of aryl methyl sites for hydroxylation is 3. The molecule has 1 unspecified atom stereocenters. The molecular weight excluding hydrogens is 382 g/mol. The molecule has 1 atom stereocenters. The van der Waals surface area contributed by atoms with Crippen molar-refractivity contribution in [1.82, 2.24) is 15.5 Å². The molecule has 7 heteroatoms. The number of hydrogen-bond acceptors (Lipinski definition) is 4. The quantitative estimate of drug-likeness (QED) is 0.743. The Hall–Kier alpha value is -3.09. The van der Waals surface area contributed by atoms with Crippen molar-refractivity contribution in [1.29, 1.82) is 0 Å². The van der Waals surface area contributed by atoms with Crippen LogP contribution in [0.4, 0.5) is 4.79 Å². The average molecular weight is 409 g/mol. The molecule has 2 aliphatic rings. The van der Waals surface area contributed by atoms with Crippen LogP contribution >= 0.6 is 0 Å². The topological polar surface area (TPSA) is 91.7 Å². The Morgan fingerprint density at radius 3 is 2.43 bits per heavy atom. The fourth-order valence-corrected chi connectivity index (χ4v) is 4.75. The lowest BCUT2D eigenvalue weighted by atomic mass is 9.74. The van der Waals surface area contributed by atoms with Crippen LogP contribution in [0.15, 0.2) is 40.8 Å². The highest BCUT2D eigenvalue weighted by atomic mass is 16.3. The number of carbonyl (C=O) groups excluding carboxylic acids is 3. The Balaban J connectivity index is 1.47. The molecule has 0 saturated carbocycles. The van der Waals surface area contributed by atoms with Crippen molar-refractivity contribution >= 4 is 17.8 Å². The van der Waals surface area contributed by atoms with E-state index in [-0.39, 0.29) is 17.7 Å². The zero-order valence-corrected chi connectivity index (χ0v) is 17.4. The summed E-state index contributed by atoms with van der Waals surface area (Å²) in [6.45, 7) is 4.71. The van der Waals surface area contributed by atoms with E-state index >= 15 is 0 Å². The maximum Gasteiger partial charge on any atom is 0.322 e. The summed E-state index contributed by atoms with van der Waals surface area (Å²) in [7, 11) is 0. The number of likely N-dealkylation sites (tertiary alicyclic amines) is 1. The van der Waals surface area contributed by atoms with Gasteiger partial charge in [0.25, 0.3) is 11.8 Å². The molecule has 2 fully saturated rings. The smallest absolute Gasteiger partial charge is 0.322 e.